The standard InChI is InChI=1S/C13H12F4N2O3/c1-22-9-5-3-2-4-7(9)11(20)19-13(21,12(16)17)6-8(18-19)10(14)15/h2-5,10,12,21H,6H2,1H3. The van der Waals surface area contributed by atoms with Gasteiger partial charge in [0.2, 0.25) is 5.72 Å². The van der Waals surface area contributed by atoms with Crippen LogP contribution >= 0.6 is 0 Å². The number of hydrogen-bond donors (Lipinski definition) is 1. The molecule has 22 heavy (non-hydrogen) atoms. The summed E-state index contributed by atoms with van der Waals surface area (Å²) < 4.78 is 56.4. The molecule has 9 heteroatoms. The molecule has 0 spiro atoms. The van der Waals surface area contributed by atoms with Crippen molar-refractivity contribution < 1.29 is 32.2 Å². The lowest BCUT2D eigenvalue weighted by Crippen LogP contribution is -2.51. The summed E-state index contributed by atoms with van der Waals surface area (Å²) in [6, 6.07) is 5.61. The van der Waals surface area contributed by atoms with Crippen LogP contribution in [-0.4, -0.2) is 47.4 Å². The maximum Gasteiger partial charge on any atom is 0.287 e. The van der Waals surface area contributed by atoms with Crippen LogP contribution in [0.4, 0.5) is 17.6 Å². The summed E-state index contributed by atoms with van der Waals surface area (Å²) in [7, 11) is 1.25. The van der Waals surface area contributed by atoms with E-state index in [0.29, 0.717) is 0 Å². The predicted octanol–water partition coefficient (Wildman–Crippen LogP) is 2.12. The Morgan fingerprint density at radius 2 is 2.00 bits per heavy atom. The van der Waals surface area contributed by atoms with E-state index in [1.54, 1.807) is 0 Å². The van der Waals surface area contributed by atoms with Gasteiger partial charge in [0, 0.05) is 6.42 Å². The molecule has 0 aliphatic carbocycles. The van der Waals surface area contributed by atoms with Crippen LogP contribution in [0.15, 0.2) is 29.4 Å². The van der Waals surface area contributed by atoms with Gasteiger partial charge in [-0.2, -0.15) is 10.1 Å². The van der Waals surface area contributed by atoms with E-state index in [4.69, 9.17) is 4.74 Å². The average Bonchev–Trinajstić information content (AvgIpc) is 2.86. The number of methoxy groups -OCH3 is 1. The monoisotopic (exact) mass is 320 g/mol. The summed E-state index contributed by atoms with van der Waals surface area (Å²) in [6.07, 6.45) is -7.74. The van der Waals surface area contributed by atoms with Crippen molar-refractivity contribution in [3.8, 4) is 5.75 Å². The van der Waals surface area contributed by atoms with E-state index in [1.807, 2.05) is 0 Å². The van der Waals surface area contributed by atoms with E-state index < -0.39 is 36.6 Å². The maximum absolute atomic E-state index is 13.1. The molecule has 1 aromatic carbocycles. The molecule has 1 N–H and O–H groups in total. The first-order valence-corrected chi connectivity index (χ1v) is 6.15. The molecule has 0 radical (unpaired) electrons. The first-order chi connectivity index (χ1) is 10.3. The summed E-state index contributed by atoms with van der Waals surface area (Å²) in [5.41, 5.74) is -4.27. The smallest absolute Gasteiger partial charge is 0.287 e. The topological polar surface area (TPSA) is 62.1 Å². The number of alkyl halides is 4. The van der Waals surface area contributed by atoms with Gasteiger partial charge in [0.15, 0.2) is 0 Å². The van der Waals surface area contributed by atoms with E-state index in [-0.39, 0.29) is 16.3 Å². The second-order valence-electron chi connectivity index (χ2n) is 4.57. The third-order valence-electron chi connectivity index (χ3n) is 3.17. The fourth-order valence-corrected chi connectivity index (χ4v) is 2.04. The number of hydrogen-bond acceptors (Lipinski definition) is 4. The number of carbonyl (C=O) groups excluding carboxylic acids is 1. The minimum atomic E-state index is -3.47. The third-order valence-corrected chi connectivity index (χ3v) is 3.17. The zero-order valence-corrected chi connectivity index (χ0v) is 11.3. The van der Waals surface area contributed by atoms with E-state index in [1.165, 1.54) is 31.4 Å². The highest BCUT2D eigenvalue weighted by molar-refractivity contribution is 6.00. The maximum atomic E-state index is 13.1. The van der Waals surface area contributed by atoms with Gasteiger partial charge in [-0.1, -0.05) is 12.1 Å². The van der Waals surface area contributed by atoms with Crippen molar-refractivity contribution in [3.05, 3.63) is 29.8 Å². The molecule has 0 fully saturated rings. The number of hydrazone groups is 1. The quantitative estimate of drug-likeness (QED) is 0.865. The predicted molar refractivity (Wildman–Crippen MR) is 68.2 cm³/mol. The van der Waals surface area contributed by atoms with Crippen molar-refractivity contribution in [2.45, 2.75) is 25.0 Å². The number of carbonyl (C=O) groups is 1. The molecule has 2 rings (SSSR count). The normalized spacial score (nSPS) is 21.5. The highest BCUT2D eigenvalue weighted by atomic mass is 19.3. The van der Waals surface area contributed by atoms with E-state index >= 15 is 0 Å². The Hall–Kier alpha value is -2.16. The van der Waals surface area contributed by atoms with E-state index in [0.717, 1.165) is 0 Å². The number of nitrogens with zero attached hydrogens (tertiary/aromatic N) is 2. The molecule has 1 heterocycles. The highest BCUT2D eigenvalue weighted by Crippen LogP contribution is 2.35. The fourth-order valence-electron chi connectivity index (χ4n) is 2.04. The second-order valence-corrected chi connectivity index (χ2v) is 4.57. The van der Waals surface area contributed by atoms with Crippen LogP contribution in [0.25, 0.3) is 0 Å². The Labute approximate surface area is 122 Å². The molecule has 1 unspecified atom stereocenters. The van der Waals surface area contributed by atoms with Crippen molar-refractivity contribution >= 4 is 11.6 Å². The lowest BCUT2D eigenvalue weighted by atomic mass is 10.1. The van der Waals surface area contributed by atoms with Gasteiger partial charge >= 0.3 is 0 Å². The fraction of sp³-hybridized carbons (Fsp3) is 0.385. The van der Waals surface area contributed by atoms with Gasteiger partial charge < -0.3 is 9.84 Å². The Kier molecular flexibility index (Phi) is 4.36. The van der Waals surface area contributed by atoms with Gasteiger partial charge in [0.25, 0.3) is 18.8 Å². The number of benzene rings is 1. The van der Waals surface area contributed by atoms with E-state index in [9.17, 15) is 27.5 Å². The molecule has 1 amide bonds. The first kappa shape index (κ1) is 16.2. The first-order valence-electron chi connectivity index (χ1n) is 6.15. The number of rotatable bonds is 4. The number of ether oxygens (including phenoxy) is 1. The van der Waals surface area contributed by atoms with Crippen LogP contribution in [0, 0.1) is 0 Å². The van der Waals surface area contributed by atoms with Gasteiger partial charge in [0.05, 0.1) is 12.7 Å². The number of amides is 1. The summed E-state index contributed by atoms with van der Waals surface area (Å²) in [5, 5.41) is 13.1. The summed E-state index contributed by atoms with van der Waals surface area (Å²) in [6.45, 7) is 0. The molecule has 120 valence electrons. The van der Waals surface area contributed by atoms with Gasteiger partial charge in [-0.15, -0.1) is 0 Å². The van der Waals surface area contributed by atoms with Crippen molar-refractivity contribution in [2.75, 3.05) is 7.11 Å². The molecule has 1 aliphatic rings. The minimum absolute atomic E-state index is 0.00296. The summed E-state index contributed by atoms with van der Waals surface area (Å²) in [4.78, 5) is 12.3. The Balaban J connectivity index is 2.45. The Morgan fingerprint density at radius 3 is 2.55 bits per heavy atom. The average molecular weight is 320 g/mol. The van der Waals surface area contributed by atoms with Crippen molar-refractivity contribution in [2.24, 2.45) is 5.10 Å². The molecule has 0 saturated carbocycles. The summed E-state index contributed by atoms with van der Waals surface area (Å²) >= 11 is 0. The minimum Gasteiger partial charge on any atom is -0.496 e. The molecule has 0 aromatic heterocycles. The number of aliphatic hydroxyl groups is 1. The third kappa shape index (κ3) is 2.63. The molecule has 1 aliphatic heterocycles. The van der Waals surface area contributed by atoms with Gasteiger partial charge in [-0.05, 0) is 12.1 Å². The van der Waals surface area contributed by atoms with Crippen molar-refractivity contribution in [3.63, 3.8) is 0 Å². The SMILES string of the molecule is COc1ccccc1C(=O)N1N=C(C(F)F)CC1(O)C(F)F. The molecule has 5 nitrogen and oxygen atoms in total. The van der Waals surface area contributed by atoms with Crippen LogP contribution in [0.3, 0.4) is 0 Å². The molecular weight excluding hydrogens is 308 g/mol. The van der Waals surface area contributed by atoms with E-state index in [2.05, 4.69) is 5.10 Å². The van der Waals surface area contributed by atoms with Gasteiger partial charge in [-0.25, -0.2) is 17.6 Å². The van der Waals surface area contributed by atoms with Crippen LogP contribution < -0.4 is 4.74 Å². The van der Waals surface area contributed by atoms with Gasteiger partial charge in [-0.3, -0.25) is 4.79 Å². The van der Waals surface area contributed by atoms with Crippen LogP contribution in [0.5, 0.6) is 5.75 Å². The molecular formula is C13H12F4N2O3. The molecule has 0 saturated heterocycles. The zero-order chi connectivity index (χ0) is 16.5. The Morgan fingerprint density at radius 1 is 1.36 bits per heavy atom. The van der Waals surface area contributed by atoms with Crippen LogP contribution in [0.2, 0.25) is 0 Å². The summed E-state index contributed by atoms with van der Waals surface area (Å²) in [5.74, 6) is -1.11. The Bertz CT molecular complexity index is 609. The number of halogens is 4. The van der Waals surface area contributed by atoms with Crippen LogP contribution in [0.1, 0.15) is 16.8 Å². The number of para-hydroxylation sites is 1. The van der Waals surface area contributed by atoms with Gasteiger partial charge in [0.1, 0.15) is 11.5 Å². The molecule has 1 aromatic rings. The van der Waals surface area contributed by atoms with Crippen molar-refractivity contribution in [1.29, 1.82) is 0 Å². The second kappa shape index (κ2) is 5.91. The zero-order valence-electron chi connectivity index (χ0n) is 11.3. The lowest BCUT2D eigenvalue weighted by Gasteiger charge is -2.30. The molecule has 1 atom stereocenters. The van der Waals surface area contributed by atoms with Crippen molar-refractivity contribution in [1.82, 2.24) is 5.01 Å². The largest absolute Gasteiger partial charge is 0.496 e. The highest BCUT2D eigenvalue weighted by Gasteiger charge is 2.53. The molecule has 0 bridgehead atoms. The lowest BCUT2D eigenvalue weighted by molar-refractivity contribution is -0.164. The van der Waals surface area contributed by atoms with Crippen LogP contribution in [-0.2, 0) is 0 Å².